The van der Waals surface area contributed by atoms with Crippen molar-refractivity contribution in [3.8, 4) is 0 Å². The summed E-state index contributed by atoms with van der Waals surface area (Å²) >= 11 is 1.40. The number of anilines is 1. The molecule has 0 atom stereocenters. The molecule has 2 N–H and O–H groups in total. The molecule has 1 aliphatic rings. The van der Waals surface area contributed by atoms with Gasteiger partial charge in [-0.15, -0.1) is 0 Å². The van der Waals surface area contributed by atoms with Gasteiger partial charge >= 0.3 is 0 Å². The molecule has 0 aliphatic carbocycles. The monoisotopic (exact) mass is 401 g/mol. The number of hydrogen-bond donors (Lipinski definition) is 2. The van der Waals surface area contributed by atoms with Crippen molar-refractivity contribution in [1.82, 2.24) is 10.3 Å². The minimum atomic E-state index is -0.197. The standard InChI is InChI=1S/C23H19N3O2S/c1-15-4-6-16(7-5-15)11-21-23(28)26-19-12-18(8-9-20(19)29-21)22(27)25-14-17-3-2-10-24-13-17/h2-13H,14H2,1H3,(H,25,27)(H,26,28)/b21-11+. The lowest BCUT2D eigenvalue weighted by Gasteiger charge is -2.19. The van der Waals surface area contributed by atoms with Crippen LogP contribution in [-0.2, 0) is 11.3 Å². The molecular weight excluding hydrogens is 382 g/mol. The Morgan fingerprint density at radius 1 is 1.17 bits per heavy atom. The van der Waals surface area contributed by atoms with Gasteiger partial charge in [0.05, 0.1) is 10.6 Å². The number of carbonyl (C=O) groups excluding carboxylic acids is 2. The van der Waals surface area contributed by atoms with Crippen LogP contribution in [0.15, 0.2) is 76.8 Å². The van der Waals surface area contributed by atoms with Gasteiger partial charge in [-0.2, -0.15) is 0 Å². The van der Waals surface area contributed by atoms with Gasteiger partial charge in [-0.05, 0) is 48.4 Å². The summed E-state index contributed by atoms with van der Waals surface area (Å²) in [5.74, 6) is -0.368. The first-order valence-corrected chi connectivity index (χ1v) is 9.99. The third-order valence-corrected chi connectivity index (χ3v) is 5.58. The number of fused-ring (bicyclic) bond motifs is 1. The Morgan fingerprint density at radius 2 is 2.00 bits per heavy atom. The van der Waals surface area contributed by atoms with E-state index in [4.69, 9.17) is 0 Å². The second-order valence-electron chi connectivity index (χ2n) is 6.73. The summed E-state index contributed by atoms with van der Waals surface area (Å²) in [7, 11) is 0. The topological polar surface area (TPSA) is 71.1 Å². The largest absolute Gasteiger partial charge is 0.348 e. The maximum Gasteiger partial charge on any atom is 0.262 e. The lowest BCUT2D eigenvalue weighted by molar-refractivity contribution is -0.112. The van der Waals surface area contributed by atoms with Crippen molar-refractivity contribution in [2.75, 3.05) is 5.32 Å². The van der Waals surface area contributed by atoms with Gasteiger partial charge in [-0.25, -0.2) is 0 Å². The van der Waals surface area contributed by atoms with Crippen LogP contribution in [0.1, 0.15) is 27.0 Å². The second kappa shape index (κ2) is 8.32. The third kappa shape index (κ3) is 4.55. The smallest absolute Gasteiger partial charge is 0.262 e. The van der Waals surface area contributed by atoms with Crippen molar-refractivity contribution in [2.24, 2.45) is 0 Å². The molecule has 0 fully saturated rings. The quantitative estimate of drug-likeness (QED) is 0.636. The van der Waals surface area contributed by atoms with Gasteiger partial charge in [-0.3, -0.25) is 14.6 Å². The SMILES string of the molecule is Cc1ccc(/C=C2/Sc3ccc(C(=O)NCc4cccnc4)cc3NC2=O)cc1. The first-order valence-electron chi connectivity index (χ1n) is 9.17. The number of aromatic nitrogens is 1. The van der Waals surface area contributed by atoms with E-state index in [0.29, 0.717) is 22.7 Å². The van der Waals surface area contributed by atoms with Crippen LogP contribution in [0.25, 0.3) is 6.08 Å². The van der Waals surface area contributed by atoms with Gasteiger partial charge in [0.25, 0.3) is 11.8 Å². The van der Waals surface area contributed by atoms with Gasteiger partial charge in [0, 0.05) is 29.4 Å². The summed E-state index contributed by atoms with van der Waals surface area (Å²) in [5, 5.41) is 5.76. The molecule has 0 spiro atoms. The fraction of sp³-hybridized carbons (Fsp3) is 0.0870. The Labute approximate surface area is 173 Å². The Kier molecular flexibility index (Phi) is 5.44. The number of rotatable bonds is 4. The van der Waals surface area contributed by atoms with Crippen molar-refractivity contribution in [1.29, 1.82) is 0 Å². The lowest BCUT2D eigenvalue weighted by Crippen LogP contribution is -2.24. The highest BCUT2D eigenvalue weighted by molar-refractivity contribution is 8.04. The zero-order valence-corrected chi connectivity index (χ0v) is 16.6. The highest BCUT2D eigenvalue weighted by Crippen LogP contribution is 2.39. The average molecular weight is 401 g/mol. The molecule has 5 nitrogen and oxygen atoms in total. The van der Waals surface area contributed by atoms with E-state index in [-0.39, 0.29) is 11.8 Å². The molecule has 1 aromatic heterocycles. The molecule has 0 bridgehead atoms. The zero-order valence-electron chi connectivity index (χ0n) is 15.8. The molecule has 4 rings (SSSR count). The zero-order chi connectivity index (χ0) is 20.2. The van der Waals surface area contributed by atoms with Gasteiger partial charge in [0.2, 0.25) is 0 Å². The van der Waals surface area contributed by atoms with E-state index < -0.39 is 0 Å². The van der Waals surface area contributed by atoms with Gasteiger partial charge < -0.3 is 10.6 Å². The van der Waals surface area contributed by atoms with Gasteiger partial charge in [0.1, 0.15) is 0 Å². The number of benzene rings is 2. The molecule has 2 amide bonds. The van der Waals surface area contributed by atoms with Crippen LogP contribution in [0.3, 0.4) is 0 Å². The summed E-state index contributed by atoms with van der Waals surface area (Å²) < 4.78 is 0. The van der Waals surface area contributed by atoms with Crippen LogP contribution in [0.5, 0.6) is 0 Å². The maximum absolute atomic E-state index is 12.5. The van der Waals surface area contributed by atoms with Crippen molar-refractivity contribution in [3.63, 3.8) is 0 Å². The minimum Gasteiger partial charge on any atom is -0.348 e. The Bertz CT molecular complexity index is 1090. The first kappa shape index (κ1) is 19.0. The van der Waals surface area contributed by atoms with Crippen molar-refractivity contribution in [3.05, 3.63) is 94.1 Å². The summed E-state index contributed by atoms with van der Waals surface area (Å²) in [6, 6.07) is 17.1. The van der Waals surface area contributed by atoms with Gasteiger partial charge in [-0.1, -0.05) is 47.7 Å². The second-order valence-corrected chi connectivity index (χ2v) is 7.81. The molecule has 0 radical (unpaired) electrons. The molecular formula is C23H19N3O2S. The number of carbonyl (C=O) groups is 2. The fourth-order valence-corrected chi connectivity index (χ4v) is 3.83. The molecule has 0 saturated heterocycles. The van der Waals surface area contributed by atoms with Crippen LogP contribution in [0.2, 0.25) is 0 Å². The molecule has 0 saturated carbocycles. The summed E-state index contributed by atoms with van der Waals surface area (Å²) in [4.78, 5) is 30.5. The van der Waals surface area contributed by atoms with Crippen molar-refractivity contribution >= 4 is 35.3 Å². The normalized spacial score (nSPS) is 14.2. The van der Waals surface area contributed by atoms with Crippen LogP contribution in [0.4, 0.5) is 5.69 Å². The van der Waals surface area contributed by atoms with E-state index >= 15 is 0 Å². The molecule has 3 aromatic rings. The summed E-state index contributed by atoms with van der Waals surface area (Å²) in [5.41, 5.74) is 4.22. The molecule has 6 heteroatoms. The predicted octanol–water partition coefficient (Wildman–Crippen LogP) is 4.41. The van der Waals surface area contributed by atoms with E-state index in [1.807, 2.05) is 55.5 Å². The number of aryl methyl sites for hydroxylation is 1. The van der Waals surface area contributed by atoms with Crippen molar-refractivity contribution in [2.45, 2.75) is 18.4 Å². The fourth-order valence-electron chi connectivity index (χ4n) is 2.90. The van der Waals surface area contributed by atoms with E-state index in [1.54, 1.807) is 24.5 Å². The Balaban J connectivity index is 1.48. The molecule has 144 valence electrons. The Hall–Kier alpha value is -3.38. The van der Waals surface area contributed by atoms with Crippen molar-refractivity contribution < 1.29 is 9.59 Å². The van der Waals surface area contributed by atoms with Crippen LogP contribution < -0.4 is 10.6 Å². The predicted molar refractivity (Wildman–Crippen MR) is 115 cm³/mol. The van der Waals surface area contributed by atoms with Crippen LogP contribution in [0, 0.1) is 6.92 Å². The minimum absolute atomic E-state index is 0.170. The summed E-state index contributed by atoms with van der Waals surface area (Å²) in [6.45, 7) is 2.42. The van der Waals surface area contributed by atoms with E-state index in [1.165, 1.54) is 17.3 Å². The molecule has 2 aromatic carbocycles. The van der Waals surface area contributed by atoms with Crippen LogP contribution in [-0.4, -0.2) is 16.8 Å². The molecule has 1 aliphatic heterocycles. The van der Waals surface area contributed by atoms with Gasteiger partial charge in [0.15, 0.2) is 0 Å². The number of amides is 2. The first-order chi connectivity index (χ1) is 14.1. The number of pyridine rings is 1. The molecule has 0 unspecified atom stereocenters. The molecule has 2 heterocycles. The maximum atomic E-state index is 12.5. The highest BCUT2D eigenvalue weighted by Gasteiger charge is 2.22. The van der Waals surface area contributed by atoms with Crippen LogP contribution >= 0.6 is 11.8 Å². The van der Waals surface area contributed by atoms with E-state index in [0.717, 1.165) is 16.0 Å². The number of nitrogens with zero attached hydrogens (tertiary/aromatic N) is 1. The average Bonchev–Trinajstić information content (AvgIpc) is 2.74. The number of hydrogen-bond acceptors (Lipinski definition) is 4. The molecule has 29 heavy (non-hydrogen) atoms. The highest BCUT2D eigenvalue weighted by atomic mass is 32.2. The number of thioether (sulfide) groups is 1. The van der Waals surface area contributed by atoms with E-state index in [9.17, 15) is 9.59 Å². The summed E-state index contributed by atoms with van der Waals surface area (Å²) in [6.07, 6.45) is 5.28. The lowest BCUT2D eigenvalue weighted by atomic mass is 10.1. The number of nitrogens with one attached hydrogen (secondary N) is 2. The third-order valence-electron chi connectivity index (χ3n) is 4.48. The Morgan fingerprint density at radius 3 is 2.76 bits per heavy atom. The van der Waals surface area contributed by atoms with E-state index in [2.05, 4.69) is 15.6 Å².